The summed E-state index contributed by atoms with van der Waals surface area (Å²) in [7, 11) is 1.56. The summed E-state index contributed by atoms with van der Waals surface area (Å²) < 4.78 is 18.3. The van der Waals surface area contributed by atoms with Crippen molar-refractivity contribution in [2.45, 2.75) is 63.9 Å². The van der Waals surface area contributed by atoms with Gasteiger partial charge in [-0.15, -0.1) is 5.10 Å². The predicted octanol–water partition coefficient (Wildman–Crippen LogP) is 1.20. The molecule has 172 valence electrons. The first-order valence-electron chi connectivity index (χ1n) is 10.1. The molecule has 10 heteroatoms. The van der Waals surface area contributed by atoms with Crippen molar-refractivity contribution in [1.82, 2.24) is 9.78 Å². The van der Waals surface area contributed by atoms with E-state index < -0.39 is 37.3 Å². The zero-order valence-corrected chi connectivity index (χ0v) is 18.7. The van der Waals surface area contributed by atoms with Crippen LogP contribution in [0.25, 0.3) is 0 Å². The highest BCUT2D eigenvalue weighted by Crippen LogP contribution is 2.33. The van der Waals surface area contributed by atoms with Crippen molar-refractivity contribution in [3.8, 4) is 11.6 Å². The summed E-state index contributed by atoms with van der Waals surface area (Å²) in [5.74, 6) is 0.851. The monoisotopic (exact) mass is 456 g/mol. The molecule has 0 radical (unpaired) electrons. The average Bonchev–Trinajstić information content (AvgIpc) is 3.05. The van der Waals surface area contributed by atoms with Gasteiger partial charge in [0.2, 0.25) is 12.2 Å². The summed E-state index contributed by atoms with van der Waals surface area (Å²) >= 11 is 6.42. The van der Waals surface area contributed by atoms with Crippen molar-refractivity contribution in [2.75, 3.05) is 13.7 Å². The Labute approximate surface area is 185 Å². The molecule has 4 N–H and O–H groups in total. The first-order chi connectivity index (χ1) is 14.7. The second kappa shape index (κ2) is 9.72. The number of aliphatic hydroxyl groups excluding tert-OH is 4. The molecule has 2 aromatic rings. The molecule has 0 amide bonds. The van der Waals surface area contributed by atoms with Crippen LogP contribution in [0.2, 0.25) is 5.02 Å². The van der Waals surface area contributed by atoms with E-state index in [2.05, 4.69) is 5.10 Å². The number of benzene rings is 1. The smallest absolute Gasteiger partial charge is 0.239 e. The summed E-state index contributed by atoms with van der Waals surface area (Å²) in [4.78, 5) is 0. The molecule has 3 rings (SSSR count). The number of methoxy groups -OCH3 is 1. The fourth-order valence-corrected chi connectivity index (χ4v) is 3.83. The Morgan fingerprint density at radius 3 is 2.48 bits per heavy atom. The fraction of sp³-hybridized carbons (Fsp3) is 0.571. The van der Waals surface area contributed by atoms with E-state index in [1.807, 2.05) is 32.9 Å². The predicted molar refractivity (Wildman–Crippen MR) is 113 cm³/mol. The van der Waals surface area contributed by atoms with Crippen molar-refractivity contribution in [3.63, 3.8) is 0 Å². The summed E-state index contributed by atoms with van der Waals surface area (Å²) in [6.45, 7) is 5.31. The van der Waals surface area contributed by atoms with E-state index in [0.717, 1.165) is 16.8 Å². The highest BCUT2D eigenvalue weighted by atomic mass is 35.5. The molecule has 1 fully saturated rings. The SMILES string of the molecule is COc1ccc(Cc2c(O[C@@H]3O[C@H](CO)[C@@H](O)[C@H](O)[C@H]3O)nn(C(C)C)c2C)c(Cl)c1. The minimum atomic E-state index is -1.54. The minimum absolute atomic E-state index is 0.0391. The molecule has 0 unspecified atom stereocenters. The lowest BCUT2D eigenvalue weighted by Crippen LogP contribution is -2.60. The van der Waals surface area contributed by atoms with E-state index in [0.29, 0.717) is 17.2 Å². The Morgan fingerprint density at radius 2 is 1.90 bits per heavy atom. The largest absolute Gasteiger partial charge is 0.497 e. The third-order valence-corrected chi connectivity index (χ3v) is 5.78. The van der Waals surface area contributed by atoms with Crippen LogP contribution in [0.5, 0.6) is 11.6 Å². The molecular formula is C21H29ClN2O7. The summed E-state index contributed by atoms with van der Waals surface area (Å²) in [6, 6.07) is 5.42. The van der Waals surface area contributed by atoms with Gasteiger partial charge in [0.1, 0.15) is 30.2 Å². The maximum absolute atomic E-state index is 10.3. The standard InChI is InChI=1S/C21H29ClN2O7/c1-10(2)24-11(3)14(7-12-5-6-13(29-4)8-15(12)22)20(23-24)31-21-19(28)18(27)17(26)16(9-25)30-21/h5-6,8,10,16-19,21,25-28H,7,9H2,1-4H3/t16-,17-,18+,19-,21+/m1/s1. The topological polar surface area (TPSA) is 126 Å². The molecule has 9 nitrogen and oxygen atoms in total. The number of ether oxygens (including phenoxy) is 3. The van der Waals surface area contributed by atoms with Crippen LogP contribution >= 0.6 is 11.6 Å². The molecule has 1 aromatic carbocycles. The Bertz CT molecular complexity index is 902. The summed E-state index contributed by atoms with van der Waals surface area (Å²) in [6.07, 6.45) is -6.53. The van der Waals surface area contributed by atoms with E-state index >= 15 is 0 Å². The zero-order chi connectivity index (χ0) is 22.9. The Morgan fingerprint density at radius 1 is 1.19 bits per heavy atom. The molecular weight excluding hydrogens is 428 g/mol. The van der Waals surface area contributed by atoms with Crippen LogP contribution in [0.4, 0.5) is 0 Å². The third kappa shape index (κ3) is 4.82. The molecule has 0 bridgehead atoms. The Hall–Kier alpha value is -1.88. The van der Waals surface area contributed by atoms with Crippen LogP contribution in [-0.2, 0) is 11.2 Å². The molecule has 5 atom stereocenters. The van der Waals surface area contributed by atoms with Crippen LogP contribution in [0.1, 0.15) is 36.7 Å². The quantitative estimate of drug-likeness (QED) is 0.489. The zero-order valence-electron chi connectivity index (χ0n) is 17.9. The van der Waals surface area contributed by atoms with Crippen molar-refractivity contribution in [3.05, 3.63) is 40.0 Å². The van der Waals surface area contributed by atoms with Crippen LogP contribution in [0.3, 0.4) is 0 Å². The average molecular weight is 457 g/mol. The lowest BCUT2D eigenvalue weighted by molar-refractivity contribution is -0.278. The maximum atomic E-state index is 10.3. The number of nitrogens with zero attached hydrogens (tertiary/aromatic N) is 2. The molecule has 0 spiro atoms. The molecule has 0 aliphatic carbocycles. The van der Waals surface area contributed by atoms with Crippen molar-refractivity contribution >= 4 is 11.6 Å². The lowest BCUT2D eigenvalue weighted by atomic mass is 9.99. The number of aromatic nitrogens is 2. The molecule has 1 aliphatic heterocycles. The van der Waals surface area contributed by atoms with Gasteiger partial charge in [-0.2, -0.15) is 0 Å². The summed E-state index contributed by atoms with van der Waals surface area (Å²) in [5, 5.41) is 44.8. The molecule has 2 heterocycles. The lowest BCUT2D eigenvalue weighted by Gasteiger charge is -2.39. The number of hydrogen-bond acceptors (Lipinski definition) is 8. The minimum Gasteiger partial charge on any atom is -0.497 e. The van der Waals surface area contributed by atoms with Gasteiger partial charge in [0.15, 0.2) is 0 Å². The van der Waals surface area contributed by atoms with Gasteiger partial charge < -0.3 is 34.6 Å². The third-order valence-electron chi connectivity index (χ3n) is 5.43. The van der Waals surface area contributed by atoms with Crippen LogP contribution in [-0.4, -0.2) is 74.6 Å². The maximum Gasteiger partial charge on any atom is 0.239 e. The van der Waals surface area contributed by atoms with E-state index in [-0.39, 0.29) is 11.9 Å². The number of rotatable bonds is 7. The van der Waals surface area contributed by atoms with Gasteiger partial charge in [-0.3, -0.25) is 4.68 Å². The fourth-order valence-electron chi connectivity index (χ4n) is 3.59. The van der Waals surface area contributed by atoms with Crippen LogP contribution in [0, 0.1) is 6.92 Å². The highest BCUT2D eigenvalue weighted by molar-refractivity contribution is 6.31. The van der Waals surface area contributed by atoms with E-state index in [1.54, 1.807) is 17.9 Å². The Kier molecular flexibility index (Phi) is 7.46. The molecule has 1 saturated heterocycles. The molecule has 1 aromatic heterocycles. The van der Waals surface area contributed by atoms with E-state index in [4.69, 9.17) is 25.8 Å². The van der Waals surface area contributed by atoms with Crippen molar-refractivity contribution in [1.29, 1.82) is 0 Å². The van der Waals surface area contributed by atoms with Crippen LogP contribution < -0.4 is 9.47 Å². The van der Waals surface area contributed by atoms with Crippen LogP contribution in [0.15, 0.2) is 18.2 Å². The Balaban J connectivity index is 1.94. The highest BCUT2D eigenvalue weighted by Gasteiger charge is 2.45. The molecule has 31 heavy (non-hydrogen) atoms. The number of aliphatic hydroxyl groups is 4. The van der Waals surface area contributed by atoms with Gasteiger partial charge >= 0.3 is 0 Å². The van der Waals surface area contributed by atoms with Crippen molar-refractivity contribution < 1.29 is 34.6 Å². The second-order valence-electron chi connectivity index (χ2n) is 7.86. The summed E-state index contributed by atoms with van der Waals surface area (Å²) in [5.41, 5.74) is 2.41. The van der Waals surface area contributed by atoms with Gasteiger partial charge in [-0.1, -0.05) is 17.7 Å². The van der Waals surface area contributed by atoms with Gasteiger partial charge in [-0.05, 0) is 38.5 Å². The number of hydrogen-bond donors (Lipinski definition) is 4. The van der Waals surface area contributed by atoms with E-state index in [1.165, 1.54) is 0 Å². The molecule has 0 saturated carbocycles. The van der Waals surface area contributed by atoms with E-state index in [9.17, 15) is 20.4 Å². The normalized spacial score (nSPS) is 26.3. The van der Waals surface area contributed by atoms with Crippen molar-refractivity contribution in [2.24, 2.45) is 0 Å². The second-order valence-corrected chi connectivity index (χ2v) is 8.26. The van der Waals surface area contributed by atoms with Gasteiger partial charge in [0.05, 0.1) is 13.7 Å². The van der Waals surface area contributed by atoms with Gasteiger partial charge in [-0.25, -0.2) is 0 Å². The molecule has 1 aliphatic rings. The first kappa shape index (κ1) is 23.8. The number of halogens is 1. The first-order valence-corrected chi connectivity index (χ1v) is 10.4. The van der Waals surface area contributed by atoms with Gasteiger partial charge in [0, 0.05) is 28.7 Å². The van der Waals surface area contributed by atoms with Gasteiger partial charge in [0.25, 0.3) is 0 Å².